The second-order valence-corrected chi connectivity index (χ2v) is 4.65. The van der Waals surface area contributed by atoms with Crippen LogP contribution < -0.4 is 5.32 Å². The van der Waals surface area contributed by atoms with Gasteiger partial charge in [-0.3, -0.25) is 0 Å². The summed E-state index contributed by atoms with van der Waals surface area (Å²) < 4.78 is 0. The van der Waals surface area contributed by atoms with Crippen molar-refractivity contribution in [3.8, 4) is 0 Å². The third-order valence-electron chi connectivity index (χ3n) is 3.35. The molecule has 0 amide bonds. The molecule has 2 unspecified atom stereocenters. The summed E-state index contributed by atoms with van der Waals surface area (Å²) >= 11 is 0. The summed E-state index contributed by atoms with van der Waals surface area (Å²) in [5, 5.41) is 3.52. The van der Waals surface area contributed by atoms with Crippen molar-refractivity contribution < 1.29 is 0 Å². The SMILES string of the molecule is CCCCC1=CC2CNCC(C1)C2. The van der Waals surface area contributed by atoms with Crippen molar-refractivity contribution in [3.05, 3.63) is 11.6 Å². The van der Waals surface area contributed by atoms with Crippen molar-refractivity contribution in [1.82, 2.24) is 5.32 Å². The summed E-state index contributed by atoms with van der Waals surface area (Å²) in [6.45, 7) is 4.78. The van der Waals surface area contributed by atoms with E-state index in [1.165, 1.54) is 45.2 Å². The van der Waals surface area contributed by atoms with Gasteiger partial charge in [0.05, 0.1) is 0 Å². The van der Waals surface area contributed by atoms with Crippen molar-refractivity contribution in [1.29, 1.82) is 0 Å². The quantitative estimate of drug-likeness (QED) is 0.657. The Labute approximate surface area is 81.6 Å². The van der Waals surface area contributed by atoms with Crippen LogP contribution in [0.2, 0.25) is 0 Å². The summed E-state index contributed by atoms with van der Waals surface area (Å²) in [6, 6.07) is 0. The zero-order valence-corrected chi connectivity index (χ0v) is 8.68. The number of fused-ring (bicyclic) bond motifs is 2. The van der Waals surface area contributed by atoms with Gasteiger partial charge in [0.2, 0.25) is 0 Å². The normalized spacial score (nSPS) is 32.8. The average Bonchev–Trinajstić information content (AvgIpc) is 2.14. The van der Waals surface area contributed by atoms with Gasteiger partial charge in [-0.1, -0.05) is 25.0 Å². The monoisotopic (exact) mass is 179 g/mol. The number of allylic oxidation sites excluding steroid dienone is 1. The van der Waals surface area contributed by atoms with E-state index in [1.54, 1.807) is 5.57 Å². The number of nitrogens with one attached hydrogen (secondary N) is 1. The average molecular weight is 179 g/mol. The Morgan fingerprint density at radius 2 is 2.38 bits per heavy atom. The van der Waals surface area contributed by atoms with E-state index in [-0.39, 0.29) is 0 Å². The van der Waals surface area contributed by atoms with Crippen molar-refractivity contribution in [3.63, 3.8) is 0 Å². The van der Waals surface area contributed by atoms with Crippen molar-refractivity contribution in [2.75, 3.05) is 13.1 Å². The number of hydrogen-bond acceptors (Lipinski definition) is 1. The fourth-order valence-electron chi connectivity index (χ4n) is 2.71. The van der Waals surface area contributed by atoms with Crippen LogP contribution in [0.5, 0.6) is 0 Å². The van der Waals surface area contributed by atoms with Gasteiger partial charge in [-0.05, 0) is 44.1 Å². The first kappa shape index (κ1) is 9.26. The molecular weight excluding hydrogens is 158 g/mol. The van der Waals surface area contributed by atoms with Crippen LogP contribution >= 0.6 is 0 Å². The molecule has 1 fully saturated rings. The fourth-order valence-corrected chi connectivity index (χ4v) is 2.71. The van der Waals surface area contributed by atoms with Gasteiger partial charge in [0, 0.05) is 6.54 Å². The van der Waals surface area contributed by atoms with Crippen LogP contribution in [0.4, 0.5) is 0 Å². The Morgan fingerprint density at radius 1 is 1.46 bits per heavy atom. The highest BCUT2D eigenvalue weighted by molar-refractivity contribution is 5.12. The molecule has 1 heterocycles. The molecule has 0 spiro atoms. The first-order chi connectivity index (χ1) is 6.38. The lowest BCUT2D eigenvalue weighted by atomic mass is 9.78. The summed E-state index contributed by atoms with van der Waals surface area (Å²) in [5.41, 5.74) is 1.75. The lowest BCUT2D eigenvalue weighted by molar-refractivity contribution is 0.300. The maximum absolute atomic E-state index is 3.52. The molecule has 1 N–H and O–H groups in total. The molecule has 1 saturated heterocycles. The Morgan fingerprint density at radius 3 is 3.15 bits per heavy atom. The van der Waals surface area contributed by atoms with Gasteiger partial charge in [0.1, 0.15) is 0 Å². The molecule has 2 bridgehead atoms. The molecule has 13 heavy (non-hydrogen) atoms. The van der Waals surface area contributed by atoms with Gasteiger partial charge in [-0.25, -0.2) is 0 Å². The molecule has 0 saturated carbocycles. The Balaban J connectivity index is 1.92. The van der Waals surface area contributed by atoms with E-state index < -0.39 is 0 Å². The van der Waals surface area contributed by atoms with E-state index in [1.807, 2.05) is 0 Å². The van der Waals surface area contributed by atoms with Gasteiger partial charge >= 0.3 is 0 Å². The van der Waals surface area contributed by atoms with Crippen LogP contribution in [0.25, 0.3) is 0 Å². The van der Waals surface area contributed by atoms with E-state index in [0.29, 0.717) is 0 Å². The summed E-state index contributed by atoms with van der Waals surface area (Å²) in [7, 11) is 0. The number of hydrogen-bond donors (Lipinski definition) is 1. The lowest BCUT2D eigenvalue weighted by Gasteiger charge is -2.34. The van der Waals surface area contributed by atoms with Gasteiger partial charge in [0.25, 0.3) is 0 Å². The maximum Gasteiger partial charge on any atom is 0.00145 e. The van der Waals surface area contributed by atoms with E-state index in [4.69, 9.17) is 0 Å². The standard InChI is InChI=1S/C12H21N/c1-2-3-4-10-5-11-7-12(6-10)9-13-8-11/h5,11-13H,2-4,6-9H2,1H3. The van der Waals surface area contributed by atoms with E-state index in [2.05, 4.69) is 18.3 Å². The summed E-state index contributed by atoms with van der Waals surface area (Å²) in [6.07, 6.45) is 9.47. The highest BCUT2D eigenvalue weighted by atomic mass is 14.9. The molecule has 1 aliphatic heterocycles. The van der Waals surface area contributed by atoms with Crippen molar-refractivity contribution in [2.45, 2.75) is 39.0 Å². The molecule has 1 aliphatic carbocycles. The van der Waals surface area contributed by atoms with Crippen LogP contribution in [-0.2, 0) is 0 Å². The zero-order valence-electron chi connectivity index (χ0n) is 8.68. The van der Waals surface area contributed by atoms with Gasteiger partial charge in [-0.15, -0.1) is 0 Å². The lowest BCUT2D eigenvalue weighted by Crippen LogP contribution is -2.37. The maximum atomic E-state index is 3.52. The molecule has 0 aromatic heterocycles. The molecule has 1 heteroatoms. The number of unbranched alkanes of at least 4 members (excludes halogenated alkanes) is 1. The minimum Gasteiger partial charge on any atom is -0.316 e. The minimum absolute atomic E-state index is 0.861. The molecule has 2 aliphatic rings. The van der Waals surface area contributed by atoms with Crippen LogP contribution in [-0.4, -0.2) is 13.1 Å². The third kappa shape index (κ3) is 2.34. The topological polar surface area (TPSA) is 12.0 Å². The van der Waals surface area contributed by atoms with Crippen molar-refractivity contribution in [2.24, 2.45) is 11.8 Å². The second kappa shape index (κ2) is 4.28. The number of piperidine rings is 1. The highest BCUT2D eigenvalue weighted by Crippen LogP contribution is 2.32. The third-order valence-corrected chi connectivity index (χ3v) is 3.35. The number of rotatable bonds is 3. The molecule has 2 rings (SSSR count). The fraction of sp³-hybridized carbons (Fsp3) is 0.833. The molecule has 0 aromatic carbocycles. The van der Waals surface area contributed by atoms with Crippen LogP contribution in [0.1, 0.15) is 39.0 Å². The molecular formula is C12H21N. The Hall–Kier alpha value is -0.300. The molecule has 0 radical (unpaired) electrons. The molecule has 1 nitrogen and oxygen atoms in total. The smallest absolute Gasteiger partial charge is 0.00145 e. The van der Waals surface area contributed by atoms with Crippen molar-refractivity contribution >= 4 is 0 Å². The second-order valence-electron chi connectivity index (χ2n) is 4.65. The minimum atomic E-state index is 0.861. The first-order valence-electron chi connectivity index (χ1n) is 5.78. The molecule has 0 aromatic rings. The van der Waals surface area contributed by atoms with Crippen LogP contribution in [0.15, 0.2) is 11.6 Å². The highest BCUT2D eigenvalue weighted by Gasteiger charge is 2.25. The van der Waals surface area contributed by atoms with E-state index in [9.17, 15) is 0 Å². The predicted octanol–water partition coefficient (Wildman–Crippen LogP) is 2.73. The first-order valence-corrected chi connectivity index (χ1v) is 5.78. The van der Waals surface area contributed by atoms with Gasteiger partial charge < -0.3 is 5.32 Å². The van der Waals surface area contributed by atoms with Gasteiger partial charge in [0.15, 0.2) is 0 Å². The largest absolute Gasteiger partial charge is 0.316 e. The Kier molecular flexibility index (Phi) is 3.05. The summed E-state index contributed by atoms with van der Waals surface area (Å²) in [4.78, 5) is 0. The van der Waals surface area contributed by atoms with E-state index in [0.717, 1.165) is 11.8 Å². The Bertz CT molecular complexity index is 195. The summed E-state index contributed by atoms with van der Waals surface area (Å²) in [5.74, 6) is 1.81. The van der Waals surface area contributed by atoms with Crippen LogP contribution in [0.3, 0.4) is 0 Å². The molecule has 2 atom stereocenters. The van der Waals surface area contributed by atoms with Gasteiger partial charge in [-0.2, -0.15) is 0 Å². The predicted molar refractivity (Wildman–Crippen MR) is 56.7 cm³/mol. The zero-order chi connectivity index (χ0) is 9.10. The van der Waals surface area contributed by atoms with E-state index >= 15 is 0 Å². The van der Waals surface area contributed by atoms with Crippen LogP contribution in [0, 0.1) is 11.8 Å². The molecule has 74 valence electrons.